The fourth-order valence-corrected chi connectivity index (χ4v) is 2.57. The summed E-state index contributed by atoms with van der Waals surface area (Å²) >= 11 is 2.34. The molecule has 80 valence electrons. The average Bonchev–Trinajstić information content (AvgIpc) is 2.26. The molecule has 1 nitrogen and oxygen atoms in total. The lowest BCUT2D eigenvalue weighted by molar-refractivity contribution is 0.459. The number of rotatable bonds is 0. The summed E-state index contributed by atoms with van der Waals surface area (Å²) in [5.41, 5.74) is 3.80. The van der Waals surface area contributed by atoms with Crippen molar-refractivity contribution >= 4 is 22.6 Å². The van der Waals surface area contributed by atoms with Crippen molar-refractivity contribution in [2.45, 2.75) is 13.3 Å². The van der Waals surface area contributed by atoms with Crippen molar-refractivity contribution in [2.75, 3.05) is 0 Å². The standard InChI is InChI=1S/C14H11IO/c1-9-2-3-10-7-11-8-12(15)4-5-13(11)16-14(10)6-9/h2-6,8H,7H2,1H3. The highest BCUT2D eigenvalue weighted by atomic mass is 127. The summed E-state index contributed by atoms with van der Waals surface area (Å²) in [6.07, 6.45) is 0.974. The van der Waals surface area contributed by atoms with E-state index in [9.17, 15) is 0 Å². The summed E-state index contributed by atoms with van der Waals surface area (Å²) in [5.74, 6) is 2.01. The maximum absolute atomic E-state index is 5.91. The van der Waals surface area contributed by atoms with Crippen LogP contribution >= 0.6 is 22.6 Å². The molecule has 0 fully saturated rings. The van der Waals surface area contributed by atoms with Gasteiger partial charge in [0.25, 0.3) is 0 Å². The summed E-state index contributed by atoms with van der Waals surface area (Å²) in [4.78, 5) is 0. The first-order valence-corrected chi connectivity index (χ1v) is 6.36. The van der Waals surface area contributed by atoms with Crippen molar-refractivity contribution in [3.05, 3.63) is 56.7 Å². The largest absolute Gasteiger partial charge is 0.457 e. The molecule has 0 aromatic heterocycles. The van der Waals surface area contributed by atoms with Crippen molar-refractivity contribution in [3.63, 3.8) is 0 Å². The quantitative estimate of drug-likeness (QED) is 0.561. The monoisotopic (exact) mass is 322 g/mol. The molecule has 1 aliphatic heterocycles. The number of hydrogen-bond donors (Lipinski definition) is 0. The van der Waals surface area contributed by atoms with Crippen molar-refractivity contribution < 1.29 is 4.74 Å². The Bertz CT molecular complexity index is 509. The maximum Gasteiger partial charge on any atom is 0.131 e. The van der Waals surface area contributed by atoms with Gasteiger partial charge >= 0.3 is 0 Å². The number of hydrogen-bond acceptors (Lipinski definition) is 1. The molecule has 0 radical (unpaired) electrons. The number of fused-ring (bicyclic) bond motifs is 2. The van der Waals surface area contributed by atoms with Crippen LogP contribution in [-0.4, -0.2) is 0 Å². The highest BCUT2D eigenvalue weighted by Gasteiger charge is 2.16. The number of halogens is 1. The van der Waals surface area contributed by atoms with Gasteiger partial charge in [0.15, 0.2) is 0 Å². The predicted octanol–water partition coefficient (Wildman–Crippen LogP) is 4.30. The van der Waals surface area contributed by atoms with Crippen LogP contribution in [0.4, 0.5) is 0 Å². The minimum Gasteiger partial charge on any atom is -0.457 e. The minimum absolute atomic E-state index is 0.974. The van der Waals surface area contributed by atoms with Gasteiger partial charge in [-0.25, -0.2) is 0 Å². The zero-order valence-electron chi connectivity index (χ0n) is 8.96. The molecule has 2 heteroatoms. The highest BCUT2D eigenvalue weighted by Crippen LogP contribution is 2.37. The zero-order valence-corrected chi connectivity index (χ0v) is 11.1. The van der Waals surface area contributed by atoms with Crippen LogP contribution in [0, 0.1) is 10.5 Å². The molecule has 1 heterocycles. The van der Waals surface area contributed by atoms with Crippen molar-refractivity contribution in [1.82, 2.24) is 0 Å². The van der Waals surface area contributed by atoms with E-state index in [0.29, 0.717) is 0 Å². The summed E-state index contributed by atoms with van der Waals surface area (Å²) in [6.45, 7) is 2.09. The van der Waals surface area contributed by atoms with Gasteiger partial charge in [-0.2, -0.15) is 0 Å². The topological polar surface area (TPSA) is 9.23 Å². The van der Waals surface area contributed by atoms with Crippen LogP contribution in [0.5, 0.6) is 11.5 Å². The second-order valence-electron chi connectivity index (χ2n) is 4.14. The van der Waals surface area contributed by atoms with E-state index in [1.54, 1.807) is 0 Å². The molecule has 0 amide bonds. The first-order valence-electron chi connectivity index (χ1n) is 5.28. The van der Waals surface area contributed by atoms with Gasteiger partial charge in [-0.3, -0.25) is 0 Å². The first kappa shape index (κ1) is 10.1. The van der Waals surface area contributed by atoms with Crippen molar-refractivity contribution in [3.8, 4) is 11.5 Å². The summed E-state index contributed by atoms with van der Waals surface area (Å²) < 4.78 is 7.17. The van der Waals surface area contributed by atoms with E-state index in [1.807, 2.05) is 0 Å². The van der Waals surface area contributed by atoms with E-state index in [-0.39, 0.29) is 0 Å². The van der Waals surface area contributed by atoms with E-state index in [1.165, 1.54) is 20.3 Å². The van der Waals surface area contributed by atoms with Crippen LogP contribution in [0.2, 0.25) is 0 Å². The maximum atomic E-state index is 5.91. The van der Waals surface area contributed by atoms with E-state index in [0.717, 1.165) is 17.9 Å². The normalized spacial score (nSPS) is 12.6. The number of aryl methyl sites for hydroxylation is 1. The molecular formula is C14H11IO. The first-order chi connectivity index (χ1) is 7.72. The third kappa shape index (κ3) is 1.71. The molecule has 3 rings (SSSR count). The van der Waals surface area contributed by atoms with Gasteiger partial charge < -0.3 is 4.74 Å². The molecule has 2 aromatic carbocycles. The molecule has 0 aliphatic carbocycles. The van der Waals surface area contributed by atoms with Gasteiger partial charge in [0.2, 0.25) is 0 Å². The Labute approximate surface area is 109 Å². The molecule has 0 bridgehead atoms. The van der Waals surface area contributed by atoms with E-state index < -0.39 is 0 Å². The Morgan fingerprint density at radius 3 is 2.75 bits per heavy atom. The van der Waals surface area contributed by atoms with Crippen LogP contribution < -0.4 is 4.74 Å². The fourth-order valence-electron chi connectivity index (χ4n) is 2.01. The van der Waals surface area contributed by atoms with Gasteiger partial charge in [-0.05, 0) is 64.9 Å². The molecule has 0 unspecified atom stereocenters. The second kappa shape index (κ2) is 3.77. The number of benzene rings is 2. The Morgan fingerprint density at radius 2 is 1.88 bits per heavy atom. The third-order valence-corrected chi connectivity index (χ3v) is 3.52. The van der Waals surface area contributed by atoms with E-state index >= 15 is 0 Å². The lowest BCUT2D eigenvalue weighted by Gasteiger charge is -2.20. The zero-order chi connectivity index (χ0) is 11.1. The van der Waals surface area contributed by atoms with Crippen LogP contribution in [0.25, 0.3) is 0 Å². The summed E-state index contributed by atoms with van der Waals surface area (Å²) in [6, 6.07) is 12.7. The molecule has 0 atom stereocenters. The van der Waals surface area contributed by atoms with Gasteiger partial charge in [0.1, 0.15) is 11.5 Å². The Morgan fingerprint density at radius 1 is 1.00 bits per heavy atom. The van der Waals surface area contributed by atoms with Crippen LogP contribution in [0.1, 0.15) is 16.7 Å². The lowest BCUT2D eigenvalue weighted by Crippen LogP contribution is -2.03. The SMILES string of the molecule is Cc1ccc2c(c1)Oc1ccc(I)cc1C2. The van der Waals surface area contributed by atoms with Gasteiger partial charge in [-0.15, -0.1) is 0 Å². The number of ether oxygens (including phenoxy) is 1. The van der Waals surface area contributed by atoms with Crippen LogP contribution in [0.15, 0.2) is 36.4 Å². The third-order valence-electron chi connectivity index (χ3n) is 2.85. The predicted molar refractivity (Wildman–Crippen MR) is 73.2 cm³/mol. The molecule has 0 saturated heterocycles. The lowest BCUT2D eigenvalue weighted by atomic mass is 9.99. The van der Waals surface area contributed by atoms with Gasteiger partial charge in [0.05, 0.1) is 0 Å². The molecule has 1 aliphatic rings. The van der Waals surface area contributed by atoms with Gasteiger partial charge in [-0.1, -0.05) is 12.1 Å². The molecule has 0 saturated carbocycles. The van der Waals surface area contributed by atoms with E-state index in [4.69, 9.17) is 4.74 Å². The van der Waals surface area contributed by atoms with Crippen LogP contribution in [-0.2, 0) is 6.42 Å². The highest BCUT2D eigenvalue weighted by molar-refractivity contribution is 14.1. The fraction of sp³-hybridized carbons (Fsp3) is 0.143. The van der Waals surface area contributed by atoms with E-state index in [2.05, 4.69) is 65.9 Å². The average molecular weight is 322 g/mol. The molecular weight excluding hydrogens is 311 g/mol. The second-order valence-corrected chi connectivity index (χ2v) is 5.39. The van der Waals surface area contributed by atoms with Crippen molar-refractivity contribution in [1.29, 1.82) is 0 Å². The van der Waals surface area contributed by atoms with Crippen molar-refractivity contribution in [2.24, 2.45) is 0 Å². The molecule has 2 aromatic rings. The molecule has 0 N–H and O–H groups in total. The Hall–Kier alpha value is -1.03. The van der Waals surface area contributed by atoms with Gasteiger partial charge in [0, 0.05) is 15.6 Å². The summed E-state index contributed by atoms with van der Waals surface area (Å²) in [5, 5.41) is 0. The Balaban J connectivity index is 2.09. The van der Waals surface area contributed by atoms with Crippen LogP contribution in [0.3, 0.4) is 0 Å². The molecule has 16 heavy (non-hydrogen) atoms. The summed E-state index contributed by atoms with van der Waals surface area (Å²) in [7, 11) is 0. The smallest absolute Gasteiger partial charge is 0.131 e. The minimum atomic E-state index is 0.974. The Kier molecular flexibility index (Phi) is 2.39. The molecule has 0 spiro atoms.